The monoisotopic (exact) mass is 400 g/mol. The van der Waals surface area contributed by atoms with E-state index in [1.807, 2.05) is 0 Å². The van der Waals surface area contributed by atoms with E-state index in [1.165, 1.54) is 10.9 Å². The Hall–Kier alpha value is -2.24. The lowest BCUT2D eigenvalue weighted by atomic mass is 10.2. The quantitative estimate of drug-likeness (QED) is 0.489. The molecule has 1 saturated heterocycles. The minimum absolute atomic E-state index is 0.000676. The summed E-state index contributed by atoms with van der Waals surface area (Å²) in [7, 11) is -2.90. The van der Waals surface area contributed by atoms with Gasteiger partial charge in [0.05, 0.1) is 19.0 Å². The van der Waals surface area contributed by atoms with Gasteiger partial charge < -0.3 is 9.84 Å². The van der Waals surface area contributed by atoms with Crippen molar-refractivity contribution in [3.63, 3.8) is 0 Å². The van der Waals surface area contributed by atoms with E-state index < -0.39 is 32.2 Å². The summed E-state index contributed by atoms with van der Waals surface area (Å²) in [6.07, 6.45) is -0.951. The summed E-state index contributed by atoms with van der Waals surface area (Å²) < 4.78 is 23.1. The molecule has 1 aliphatic rings. The number of H-pyrrole nitrogens is 1. The number of hydrogen-bond donors (Lipinski definition) is 4. The van der Waals surface area contributed by atoms with Crippen LogP contribution in [0.15, 0.2) is 11.1 Å². The summed E-state index contributed by atoms with van der Waals surface area (Å²) in [5.74, 6) is -0.715. The van der Waals surface area contributed by atoms with Crippen molar-refractivity contribution < 1.29 is 28.6 Å². The molecule has 2 aromatic heterocycles. The summed E-state index contributed by atoms with van der Waals surface area (Å²) in [4.78, 5) is 43.8. The van der Waals surface area contributed by atoms with Crippen LogP contribution in [-0.2, 0) is 18.6 Å². The number of fused-ring (bicyclic) bond motifs is 1. The van der Waals surface area contributed by atoms with E-state index >= 15 is 0 Å². The molecule has 13 heteroatoms. The Balaban J connectivity index is 2.01. The molecule has 4 atom stereocenters. The molecule has 4 N–H and O–H groups in total. The zero-order chi connectivity index (χ0) is 19.7. The number of aliphatic hydroxyl groups is 1. The minimum atomic E-state index is -2.90. The Bertz CT molecular complexity index is 926. The van der Waals surface area contributed by atoms with E-state index in [0.29, 0.717) is 0 Å². The van der Waals surface area contributed by atoms with Crippen molar-refractivity contribution in [1.82, 2.24) is 19.5 Å². The lowest BCUT2D eigenvalue weighted by molar-refractivity contribution is -0.118. The number of nitrogens with zero attached hydrogens (tertiary/aromatic N) is 3. The Morgan fingerprint density at radius 3 is 2.96 bits per heavy atom. The van der Waals surface area contributed by atoms with E-state index in [9.17, 15) is 19.3 Å². The van der Waals surface area contributed by atoms with Crippen LogP contribution in [0.2, 0.25) is 0 Å². The maximum absolute atomic E-state index is 12.2. The molecule has 0 aliphatic carbocycles. The Labute approximate surface area is 153 Å². The molecule has 2 unspecified atom stereocenters. The van der Waals surface area contributed by atoms with Gasteiger partial charge in [0.2, 0.25) is 11.9 Å². The van der Waals surface area contributed by atoms with Gasteiger partial charge in [-0.2, -0.15) is 4.98 Å². The van der Waals surface area contributed by atoms with Crippen molar-refractivity contribution in [2.45, 2.75) is 38.7 Å². The number of nitrogens with one attached hydrogen (secondary N) is 2. The molecule has 0 bridgehead atoms. The van der Waals surface area contributed by atoms with E-state index in [-0.39, 0.29) is 42.0 Å². The highest BCUT2D eigenvalue weighted by Crippen LogP contribution is 2.37. The average molecular weight is 400 g/mol. The van der Waals surface area contributed by atoms with Crippen LogP contribution < -0.4 is 10.9 Å². The molecule has 0 radical (unpaired) electrons. The van der Waals surface area contributed by atoms with Crippen molar-refractivity contribution in [3.05, 3.63) is 16.7 Å². The standard InChI is InChI=1S/C14H18N5O7P/c1-6(2)11(21)17-14-16-10-9(12(22)18-14)15-5-19(10)13-8(26-27(23)24)3-7(4-20)25-13/h5-8,13,20H,3-4H2,1-2H3,(H2-,16,17,18,21,22,23,24)/p+1/t7-,8?,13+/m0/s1. The van der Waals surface area contributed by atoms with Gasteiger partial charge in [-0.15, -0.1) is 9.42 Å². The Morgan fingerprint density at radius 1 is 1.59 bits per heavy atom. The molecule has 2 aromatic rings. The predicted molar refractivity (Wildman–Crippen MR) is 91.9 cm³/mol. The zero-order valence-corrected chi connectivity index (χ0v) is 15.4. The first-order valence-corrected chi connectivity index (χ1v) is 9.30. The van der Waals surface area contributed by atoms with Crippen molar-refractivity contribution in [1.29, 1.82) is 0 Å². The van der Waals surface area contributed by atoms with E-state index in [2.05, 4.69) is 20.3 Å². The van der Waals surface area contributed by atoms with Crippen LogP contribution in [0.5, 0.6) is 0 Å². The maximum atomic E-state index is 12.2. The third-order valence-electron chi connectivity index (χ3n) is 4.05. The van der Waals surface area contributed by atoms with Gasteiger partial charge in [0.1, 0.15) is 0 Å². The first-order chi connectivity index (χ1) is 12.8. The predicted octanol–water partition coefficient (Wildman–Crippen LogP) is 0.0288. The number of carbonyl (C=O) groups excluding carboxylic acids is 1. The normalized spacial score (nSPS) is 23.1. The molecule has 1 fully saturated rings. The van der Waals surface area contributed by atoms with Gasteiger partial charge in [-0.05, 0) is 0 Å². The number of imidazole rings is 1. The molecule has 12 nitrogen and oxygen atoms in total. The topological polar surface area (TPSA) is 169 Å². The summed E-state index contributed by atoms with van der Waals surface area (Å²) >= 11 is 0. The number of carbonyl (C=O) groups is 1. The number of amides is 1. The molecule has 146 valence electrons. The first-order valence-electron chi connectivity index (χ1n) is 8.17. The highest BCUT2D eigenvalue weighted by molar-refractivity contribution is 7.32. The average Bonchev–Trinajstić information content (AvgIpc) is 3.18. The fraction of sp³-hybridized carbons (Fsp3) is 0.571. The molecule has 1 amide bonds. The fourth-order valence-corrected chi connectivity index (χ4v) is 3.14. The Kier molecular flexibility index (Phi) is 5.63. The number of aromatic amines is 1. The number of ether oxygens (including phenoxy) is 1. The van der Waals surface area contributed by atoms with Gasteiger partial charge in [-0.25, -0.2) is 4.98 Å². The van der Waals surface area contributed by atoms with Crippen LogP contribution in [0.1, 0.15) is 26.5 Å². The summed E-state index contributed by atoms with van der Waals surface area (Å²) in [5.41, 5.74) is -0.468. The fourth-order valence-electron chi connectivity index (χ4n) is 2.72. The van der Waals surface area contributed by atoms with Crippen molar-refractivity contribution in [3.8, 4) is 0 Å². The second-order valence-corrected chi connectivity index (χ2v) is 7.02. The second-order valence-electron chi connectivity index (χ2n) is 6.33. The third kappa shape index (κ3) is 4.04. The van der Waals surface area contributed by atoms with Crippen LogP contribution >= 0.6 is 8.25 Å². The number of hydrogen-bond acceptors (Lipinski definition) is 8. The summed E-state index contributed by atoms with van der Waals surface area (Å²) in [5, 5.41) is 11.8. The zero-order valence-electron chi connectivity index (χ0n) is 14.5. The van der Waals surface area contributed by atoms with Crippen LogP contribution in [0.4, 0.5) is 5.95 Å². The largest absolute Gasteiger partial charge is 0.695 e. The maximum Gasteiger partial charge on any atom is 0.695 e. The van der Waals surface area contributed by atoms with Crippen molar-refractivity contribution in [2.75, 3.05) is 11.9 Å². The van der Waals surface area contributed by atoms with Gasteiger partial charge in [-0.3, -0.25) is 24.5 Å². The van der Waals surface area contributed by atoms with Crippen LogP contribution in [0.25, 0.3) is 11.2 Å². The van der Waals surface area contributed by atoms with Crippen LogP contribution in [-0.4, -0.2) is 54.2 Å². The van der Waals surface area contributed by atoms with Crippen molar-refractivity contribution in [2.24, 2.45) is 5.92 Å². The molecule has 27 heavy (non-hydrogen) atoms. The van der Waals surface area contributed by atoms with Gasteiger partial charge in [0.25, 0.3) is 5.56 Å². The molecule has 1 aliphatic heterocycles. The molecular weight excluding hydrogens is 381 g/mol. The second kappa shape index (κ2) is 7.79. The van der Waals surface area contributed by atoms with Crippen LogP contribution in [0, 0.1) is 5.92 Å². The number of aliphatic hydroxyl groups excluding tert-OH is 1. The molecular formula is C14H19N5O7P+. The number of rotatable bonds is 6. The number of aromatic nitrogens is 4. The Morgan fingerprint density at radius 2 is 2.33 bits per heavy atom. The molecule has 0 aromatic carbocycles. The first kappa shape index (κ1) is 19.5. The van der Waals surface area contributed by atoms with Gasteiger partial charge in [-0.1, -0.05) is 13.8 Å². The van der Waals surface area contributed by atoms with Crippen LogP contribution in [0.3, 0.4) is 0 Å². The molecule has 3 rings (SSSR count). The smallest absolute Gasteiger partial charge is 0.394 e. The minimum Gasteiger partial charge on any atom is -0.394 e. The van der Waals surface area contributed by atoms with E-state index in [1.54, 1.807) is 13.8 Å². The van der Waals surface area contributed by atoms with E-state index in [4.69, 9.17) is 14.2 Å². The lowest BCUT2D eigenvalue weighted by Gasteiger charge is -2.16. The highest BCUT2D eigenvalue weighted by Gasteiger charge is 2.43. The molecule has 0 spiro atoms. The van der Waals surface area contributed by atoms with Gasteiger partial charge in [0.15, 0.2) is 23.5 Å². The van der Waals surface area contributed by atoms with Gasteiger partial charge >= 0.3 is 8.25 Å². The highest BCUT2D eigenvalue weighted by atomic mass is 31.1. The third-order valence-corrected chi connectivity index (χ3v) is 4.50. The SMILES string of the molecule is CC(C)C(=O)Nc1nc2c(ncn2[C@@H]2O[C@H](CO)CC2O[P+](=O)O)c(=O)[nH]1. The van der Waals surface area contributed by atoms with Gasteiger partial charge in [0, 0.05) is 16.9 Å². The molecule has 0 saturated carbocycles. The summed E-state index contributed by atoms with van der Waals surface area (Å²) in [6, 6.07) is 0. The molecule has 3 heterocycles. The summed E-state index contributed by atoms with van der Waals surface area (Å²) in [6.45, 7) is 3.07. The lowest BCUT2D eigenvalue weighted by Crippen LogP contribution is -2.24. The van der Waals surface area contributed by atoms with E-state index in [0.717, 1.165) is 0 Å². The van der Waals surface area contributed by atoms with Crippen molar-refractivity contribution >= 4 is 31.3 Å². The number of anilines is 1.